The Morgan fingerprint density at radius 3 is 2.95 bits per heavy atom. The van der Waals surface area contributed by atoms with E-state index in [1.807, 2.05) is 12.1 Å². The van der Waals surface area contributed by atoms with E-state index in [4.69, 9.17) is 10.2 Å². The van der Waals surface area contributed by atoms with Crippen molar-refractivity contribution in [3.05, 3.63) is 30.7 Å². The van der Waals surface area contributed by atoms with E-state index in [9.17, 15) is 4.79 Å². The van der Waals surface area contributed by atoms with Crippen molar-refractivity contribution in [1.82, 2.24) is 10.2 Å². The van der Waals surface area contributed by atoms with E-state index in [0.29, 0.717) is 11.6 Å². The molecule has 0 aliphatic heterocycles. The Hall–Kier alpha value is -2.21. The zero-order valence-corrected chi connectivity index (χ0v) is 11.2. The van der Waals surface area contributed by atoms with Gasteiger partial charge in [-0.15, -0.1) is 10.2 Å². The lowest BCUT2D eigenvalue weighted by molar-refractivity contribution is -0.121. The number of carbonyl (C=O) groups excluding carboxylic acids is 1. The largest absolute Gasteiger partial charge is 0.423 e. The summed E-state index contributed by atoms with van der Waals surface area (Å²) in [7, 11) is 0. The number of rotatable bonds is 4. The smallest absolute Gasteiger partial charge is 0.247 e. The Morgan fingerprint density at radius 1 is 1.50 bits per heavy atom. The van der Waals surface area contributed by atoms with Gasteiger partial charge >= 0.3 is 0 Å². The highest BCUT2D eigenvalue weighted by Gasteiger charge is 2.44. The van der Waals surface area contributed by atoms with Crippen molar-refractivity contribution >= 4 is 11.6 Å². The summed E-state index contributed by atoms with van der Waals surface area (Å²) in [5.74, 6) is 0.531. The molecule has 1 fully saturated rings. The van der Waals surface area contributed by atoms with Crippen LogP contribution in [-0.2, 0) is 4.79 Å². The van der Waals surface area contributed by atoms with E-state index in [1.165, 1.54) is 6.39 Å². The molecule has 3 rings (SSSR count). The summed E-state index contributed by atoms with van der Waals surface area (Å²) in [6.45, 7) is 1.78. The molecule has 1 unspecified atom stereocenters. The van der Waals surface area contributed by atoms with Crippen molar-refractivity contribution in [2.75, 3.05) is 5.32 Å². The van der Waals surface area contributed by atoms with Crippen LogP contribution in [0.2, 0.25) is 0 Å². The van der Waals surface area contributed by atoms with Crippen LogP contribution in [0.5, 0.6) is 0 Å². The first-order chi connectivity index (χ1) is 9.57. The number of nitrogens with two attached hydrogens (primary N) is 1. The number of hydrogen-bond donors (Lipinski definition) is 2. The zero-order chi connectivity index (χ0) is 14.2. The highest BCUT2D eigenvalue weighted by molar-refractivity contribution is 5.98. The van der Waals surface area contributed by atoms with E-state index >= 15 is 0 Å². The molecule has 1 aromatic carbocycles. The van der Waals surface area contributed by atoms with E-state index < -0.39 is 5.54 Å². The van der Waals surface area contributed by atoms with Crippen LogP contribution in [0.25, 0.3) is 11.5 Å². The van der Waals surface area contributed by atoms with Crippen LogP contribution in [0.1, 0.15) is 19.8 Å². The van der Waals surface area contributed by atoms with Crippen molar-refractivity contribution in [2.24, 2.45) is 11.7 Å². The predicted molar refractivity (Wildman–Crippen MR) is 73.7 cm³/mol. The van der Waals surface area contributed by atoms with Crippen molar-refractivity contribution in [3.8, 4) is 11.5 Å². The lowest BCUT2D eigenvalue weighted by atomic mass is 9.96. The summed E-state index contributed by atoms with van der Waals surface area (Å²) in [4.78, 5) is 12.2. The Balaban J connectivity index is 1.78. The van der Waals surface area contributed by atoms with Gasteiger partial charge < -0.3 is 15.5 Å². The summed E-state index contributed by atoms with van der Waals surface area (Å²) in [5, 5.41) is 10.3. The predicted octanol–water partition coefficient (Wildman–Crippen LogP) is 1.80. The molecule has 20 heavy (non-hydrogen) atoms. The number of benzene rings is 1. The molecular formula is C14H16N4O2. The standard InChI is InChI=1S/C14H16N4O2/c1-14(15,10-5-6-10)13(19)17-11-4-2-3-9(7-11)12-18-16-8-20-12/h2-4,7-8,10H,5-6,15H2,1H3,(H,17,19). The number of carbonyl (C=O) groups is 1. The van der Waals surface area contributed by atoms with Gasteiger partial charge in [-0.1, -0.05) is 6.07 Å². The molecule has 6 nitrogen and oxygen atoms in total. The number of aromatic nitrogens is 2. The summed E-state index contributed by atoms with van der Waals surface area (Å²) in [5.41, 5.74) is 6.70. The first kappa shape index (κ1) is 12.8. The van der Waals surface area contributed by atoms with Gasteiger partial charge in [0, 0.05) is 11.3 Å². The molecule has 2 aromatic rings. The Labute approximate surface area is 116 Å². The van der Waals surface area contributed by atoms with Gasteiger partial charge in [0.2, 0.25) is 18.2 Å². The molecule has 1 aliphatic rings. The van der Waals surface area contributed by atoms with Gasteiger partial charge in [-0.3, -0.25) is 4.79 Å². The quantitative estimate of drug-likeness (QED) is 0.885. The summed E-state index contributed by atoms with van der Waals surface area (Å²) in [6.07, 6.45) is 3.30. The summed E-state index contributed by atoms with van der Waals surface area (Å²) >= 11 is 0. The highest BCUT2D eigenvalue weighted by atomic mass is 16.4. The van der Waals surface area contributed by atoms with Crippen LogP contribution in [0.15, 0.2) is 35.1 Å². The third-order valence-corrected chi connectivity index (χ3v) is 3.64. The average Bonchev–Trinajstić information content (AvgIpc) is 3.15. The fraction of sp³-hybridized carbons (Fsp3) is 0.357. The van der Waals surface area contributed by atoms with E-state index in [-0.39, 0.29) is 11.8 Å². The Bertz CT molecular complexity index is 618. The van der Waals surface area contributed by atoms with Gasteiger partial charge in [-0.05, 0) is 43.9 Å². The van der Waals surface area contributed by atoms with Crippen LogP contribution in [0.4, 0.5) is 5.69 Å². The number of nitrogens with one attached hydrogen (secondary N) is 1. The second-order valence-electron chi connectivity index (χ2n) is 5.34. The van der Waals surface area contributed by atoms with Crippen molar-refractivity contribution < 1.29 is 9.21 Å². The molecule has 1 heterocycles. The third kappa shape index (κ3) is 2.42. The molecule has 0 radical (unpaired) electrons. The number of hydrogen-bond acceptors (Lipinski definition) is 5. The minimum atomic E-state index is -0.819. The van der Waals surface area contributed by atoms with Crippen LogP contribution >= 0.6 is 0 Å². The van der Waals surface area contributed by atoms with Gasteiger partial charge in [0.25, 0.3) is 0 Å². The molecule has 1 amide bonds. The minimum Gasteiger partial charge on any atom is -0.423 e. The third-order valence-electron chi connectivity index (χ3n) is 3.64. The second-order valence-corrected chi connectivity index (χ2v) is 5.34. The van der Waals surface area contributed by atoms with Crippen molar-refractivity contribution in [3.63, 3.8) is 0 Å². The summed E-state index contributed by atoms with van der Waals surface area (Å²) < 4.78 is 5.14. The van der Waals surface area contributed by atoms with Crippen LogP contribution in [-0.4, -0.2) is 21.6 Å². The lowest BCUT2D eigenvalue weighted by Gasteiger charge is -2.23. The molecule has 1 aliphatic carbocycles. The molecule has 1 aromatic heterocycles. The molecule has 3 N–H and O–H groups in total. The maximum Gasteiger partial charge on any atom is 0.247 e. The van der Waals surface area contributed by atoms with Gasteiger partial charge in [-0.25, -0.2) is 0 Å². The van der Waals surface area contributed by atoms with Gasteiger partial charge in [-0.2, -0.15) is 0 Å². The topological polar surface area (TPSA) is 94.0 Å². The maximum absolute atomic E-state index is 12.2. The average molecular weight is 272 g/mol. The van der Waals surface area contributed by atoms with Gasteiger partial charge in [0.1, 0.15) is 0 Å². The normalized spacial score (nSPS) is 17.5. The first-order valence-corrected chi connectivity index (χ1v) is 6.54. The molecule has 0 spiro atoms. The molecular weight excluding hydrogens is 256 g/mol. The van der Waals surface area contributed by atoms with Gasteiger partial charge in [0.15, 0.2) is 0 Å². The molecule has 0 bridgehead atoms. The lowest BCUT2D eigenvalue weighted by Crippen LogP contribution is -2.50. The molecule has 104 valence electrons. The summed E-state index contributed by atoms with van der Waals surface area (Å²) in [6, 6.07) is 7.25. The monoisotopic (exact) mass is 272 g/mol. The van der Waals surface area contributed by atoms with E-state index in [0.717, 1.165) is 18.4 Å². The van der Waals surface area contributed by atoms with Crippen molar-refractivity contribution in [1.29, 1.82) is 0 Å². The Kier molecular flexibility index (Phi) is 3.02. The van der Waals surface area contributed by atoms with Crippen LogP contribution < -0.4 is 11.1 Å². The Morgan fingerprint density at radius 2 is 2.30 bits per heavy atom. The minimum absolute atomic E-state index is 0.164. The van der Waals surface area contributed by atoms with Gasteiger partial charge in [0.05, 0.1) is 5.54 Å². The zero-order valence-electron chi connectivity index (χ0n) is 11.2. The van der Waals surface area contributed by atoms with E-state index in [2.05, 4.69) is 15.5 Å². The SMILES string of the molecule is CC(N)(C(=O)Nc1cccc(-c2nnco2)c1)C1CC1. The fourth-order valence-corrected chi connectivity index (χ4v) is 2.16. The van der Waals surface area contributed by atoms with Crippen molar-refractivity contribution in [2.45, 2.75) is 25.3 Å². The number of anilines is 1. The fourth-order valence-electron chi connectivity index (χ4n) is 2.16. The molecule has 1 saturated carbocycles. The van der Waals surface area contributed by atoms with E-state index in [1.54, 1.807) is 19.1 Å². The molecule has 1 atom stereocenters. The van der Waals surface area contributed by atoms with Crippen LogP contribution in [0.3, 0.4) is 0 Å². The number of amides is 1. The molecule has 6 heteroatoms. The number of nitrogens with zero attached hydrogens (tertiary/aromatic N) is 2. The second kappa shape index (κ2) is 4.72. The molecule has 0 saturated heterocycles. The first-order valence-electron chi connectivity index (χ1n) is 6.54. The van der Waals surface area contributed by atoms with Crippen LogP contribution in [0, 0.1) is 5.92 Å². The highest BCUT2D eigenvalue weighted by Crippen LogP contribution is 2.38. The maximum atomic E-state index is 12.2.